The number of hydrogen-bond donors (Lipinski definition) is 2. The number of piperidine rings is 1. The third-order valence-corrected chi connectivity index (χ3v) is 3.95. The third kappa shape index (κ3) is 5.23. The van der Waals surface area contributed by atoms with Gasteiger partial charge in [0.2, 0.25) is 0 Å². The molecule has 0 aliphatic carbocycles. The summed E-state index contributed by atoms with van der Waals surface area (Å²) in [4.78, 5) is 4.99. The van der Waals surface area contributed by atoms with Crippen LogP contribution in [0.5, 0.6) is 0 Å². The highest BCUT2D eigenvalue weighted by Crippen LogP contribution is 2.15. The summed E-state index contributed by atoms with van der Waals surface area (Å²) in [5.74, 6) is 0.342. The van der Waals surface area contributed by atoms with Crippen molar-refractivity contribution in [3.63, 3.8) is 0 Å². The first-order valence-corrected chi connectivity index (χ1v) is 7.06. The van der Waals surface area contributed by atoms with Gasteiger partial charge in [0, 0.05) is 12.5 Å². The van der Waals surface area contributed by atoms with Gasteiger partial charge in [-0.25, -0.2) is 0 Å². The Hall–Kier alpha value is -0.810. The van der Waals surface area contributed by atoms with Crippen LogP contribution in [0.15, 0.2) is 5.16 Å². The van der Waals surface area contributed by atoms with E-state index in [-0.39, 0.29) is 0 Å². The van der Waals surface area contributed by atoms with Gasteiger partial charge in [0.25, 0.3) is 0 Å². The Labute approximate surface area is 111 Å². The van der Waals surface area contributed by atoms with E-state index in [1.807, 2.05) is 0 Å². The minimum absolute atomic E-state index is 0.342. The van der Waals surface area contributed by atoms with Crippen molar-refractivity contribution in [1.29, 1.82) is 0 Å². The number of nitrogens with two attached hydrogens (primary N) is 1. The lowest BCUT2D eigenvalue weighted by molar-refractivity contribution is 0.130. The smallest absolute Gasteiger partial charge is 0.139 e. The van der Waals surface area contributed by atoms with E-state index in [1.165, 1.54) is 32.5 Å². The Kier molecular flexibility index (Phi) is 7.05. The maximum atomic E-state index is 8.44. The van der Waals surface area contributed by atoms with Crippen molar-refractivity contribution in [3.8, 4) is 0 Å². The molecule has 1 rings (SSSR count). The van der Waals surface area contributed by atoms with Gasteiger partial charge in [0.05, 0.1) is 0 Å². The van der Waals surface area contributed by atoms with Crippen LogP contribution in [0.2, 0.25) is 0 Å². The van der Waals surface area contributed by atoms with Crippen molar-refractivity contribution < 1.29 is 5.21 Å². The van der Waals surface area contributed by atoms with Gasteiger partial charge < -0.3 is 20.7 Å². The molecule has 0 saturated carbocycles. The number of amidine groups is 1. The van der Waals surface area contributed by atoms with E-state index in [4.69, 9.17) is 10.9 Å². The maximum Gasteiger partial charge on any atom is 0.139 e. The molecule has 1 saturated heterocycles. The van der Waals surface area contributed by atoms with Crippen LogP contribution < -0.4 is 5.73 Å². The van der Waals surface area contributed by atoms with Crippen LogP contribution >= 0.6 is 0 Å². The molecule has 0 aromatic heterocycles. The van der Waals surface area contributed by atoms with E-state index in [2.05, 4.69) is 28.9 Å². The first-order chi connectivity index (χ1) is 8.67. The molecule has 5 heteroatoms. The van der Waals surface area contributed by atoms with Crippen molar-refractivity contribution in [3.05, 3.63) is 0 Å². The highest BCUT2D eigenvalue weighted by Gasteiger charge is 2.20. The van der Waals surface area contributed by atoms with Crippen molar-refractivity contribution in [2.45, 2.75) is 45.1 Å². The molecule has 106 valence electrons. The number of oxime groups is 1. The van der Waals surface area contributed by atoms with Crippen LogP contribution in [0.3, 0.4) is 0 Å². The molecule has 0 unspecified atom stereocenters. The second-order valence-corrected chi connectivity index (χ2v) is 5.19. The van der Waals surface area contributed by atoms with Gasteiger partial charge in [-0.05, 0) is 58.9 Å². The Bertz CT molecular complexity index is 249. The molecule has 5 nitrogen and oxygen atoms in total. The first-order valence-electron chi connectivity index (χ1n) is 7.06. The van der Waals surface area contributed by atoms with Crippen LogP contribution in [0.25, 0.3) is 0 Å². The molecule has 0 spiro atoms. The topological polar surface area (TPSA) is 65.1 Å². The molecule has 1 fully saturated rings. The molecule has 18 heavy (non-hydrogen) atoms. The van der Waals surface area contributed by atoms with Gasteiger partial charge in [-0.15, -0.1) is 0 Å². The maximum absolute atomic E-state index is 8.44. The van der Waals surface area contributed by atoms with E-state index < -0.39 is 0 Å². The lowest BCUT2D eigenvalue weighted by Crippen LogP contribution is -2.43. The third-order valence-electron chi connectivity index (χ3n) is 3.95. The van der Waals surface area contributed by atoms with E-state index in [0.29, 0.717) is 12.3 Å². The van der Waals surface area contributed by atoms with Crippen molar-refractivity contribution in [1.82, 2.24) is 9.80 Å². The fourth-order valence-corrected chi connectivity index (χ4v) is 2.58. The Balaban J connectivity index is 2.12. The molecule has 0 atom stereocenters. The number of likely N-dealkylation sites (tertiary alicyclic amines) is 1. The zero-order valence-electron chi connectivity index (χ0n) is 11.8. The second-order valence-electron chi connectivity index (χ2n) is 5.19. The molecule has 0 radical (unpaired) electrons. The molecule has 3 N–H and O–H groups in total. The number of unbranched alkanes of at least 4 members (excludes halogenated alkanes) is 1. The molecular formula is C13H28N4O. The van der Waals surface area contributed by atoms with Crippen LogP contribution in [0, 0.1) is 0 Å². The molecule has 0 bridgehead atoms. The summed E-state index contributed by atoms with van der Waals surface area (Å²) in [6.45, 7) is 6.98. The fraction of sp³-hybridized carbons (Fsp3) is 0.923. The van der Waals surface area contributed by atoms with Crippen molar-refractivity contribution >= 4 is 5.84 Å². The van der Waals surface area contributed by atoms with Gasteiger partial charge in [-0.1, -0.05) is 12.1 Å². The van der Waals surface area contributed by atoms with E-state index >= 15 is 0 Å². The molecule has 1 aliphatic heterocycles. The highest BCUT2D eigenvalue weighted by molar-refractivity contribution is 5.79. The second kappa shape index (κ2) is 8.32. The summed E-state index contributed by atoms with van der Waals surface area (Å²) < 4.78 is 0. The van der Waals surface area contributed by atoms with Crippen molar-refractivity contribution in [2.24, 2.45) is 10.9 Å². The van der Waals surface area contributed by atoms with Gasteiger partial charge in [-0.3, -0.25) is 0 Å². The number of rotatable bonds is 7. The molecule has 1 heterocycles. The number of nitrogens with zero attached hydrogens (tertiary/aromatic N) is 3. The largest absolute Gasteiger partial charge is 0.409 e. The first kappa shape index (κ1) is 15.2. The average Bonchev–Trinajstić information content (AvgIpc) is 2.43. The van der Waals surface area contributed by atoms with Gasteiger partial charge in [0.15, 0.2) is 0 Å². The Morgan fingerprint density at radius 3 is 2.61 bits per heavy atom. The summed E-state index contributed by atoms with van der Waals surface area (Å²) in [5, 5.41) is 11.4. The minimum atomic E-state index is 0.342. The van der Waals surface area contributed by atoms with Crippen LogP contribution in [0.1, 0.15) is 39.0 Å². The van der Waals surface area contributed by atoms with Gasteiger partial charge in [-0.2, -0.15) is 0 Å². The molecule has 0 amide bonds. The van der Waals surface area contributed by atoms with Crippen LogP contribution in [0.4, 0.5) is 0 Å². The highest BCUT2D eigenvalue weighted by atomic mass is 16.4. The Morgan fingerprint density at radius 1 is 1.39 bits per heavy atom. The normalized spacial score (nSPS) is 19.6. The number of hydrogen-bond acceptors (Lipinski definition) is 4. The SMILES string of the molecule is CCN1CCC(N(C)CCCC/C(N)=N/O)CC1. The molecule has 0 aromatic carbocycles. The summed E-state index contributed by atoms with van der Waals surface area (Å²) in [6, 6.07) is 0.733. The molecular weight excluding hydrogens is 228 g/mol. The minimum Gasteiger partial charge on any atom is -0.409 e. The van der Waals surface area contributed by atoms with E-state index in [0.717, 1.165) is 25.4 Å². The summed E-state index contributed by atoms with van der Waals surface area (Å²) in [7, 11) is 2.22. The lowest BCUT2D eigenvalue weighted by atomic mass is 10.0. The summed E-state index contributed by atoms with van der Waals surface area (Å²) in [6.07, 6.45) is 5.36. The Morgan fingerprint density at radius 2 is 2.06 bits per heavy atom. The van der Waals surface area contributed by atoms with Crippen LogP contribution in [-0.2, 0) is 0 Å². The van der Waals surface area contributed by atoms with Gasteiger partial charge >= 0.3 is 0 Å². The summed E-state index contributed by atoms with van der Waals surface area (Å²) in [5.41, 5.74) is 5.44. The zero-order valence-corrected chi connectivity index (χ0v) is 11.8. The molecule has 1 aliphatic rings. The predicted molar refractivity (Wildman–Crippen MR) is 75.0 cm³/mol. The fourth-order valence-electron chi connectivity index (χ4n) is 2.58. The van der Waals surface area contributed by atoms with E-state index in [1.54, 1.807) is 0 Å². The average molecular weight is 256 g/mol. The predicted octanol–water partition coefficient (Wildman–Crippen LogP) is 1.32. The summed E-state index contributed by atoms with van der Waals surface area (Å²) >= 11 is 0. The van der Waals surface area contributed by atoms with E-state index in [9.17, 15) is 0 Å². The monoisotopic (exact) mass is 256 g/mol. The lowest BCUT2D eigenvalue weighted by Gasteiger charge is -2.36. The van der Waals surface area contributed by atoms with Gasteiger partial charge in [0.1, 0.15) is 5.84 Å². The standard InChI is InChI=1S/C13H28N4O/c1-3-17-10-7-12(8-11-17)16(2)9-5-4-6-13(14)15-18/h12,18H,3-11H2,1-2H3,(H2,14,15). The molecule has 0 aromatic rings. The van der Waals surface area contributed by atoms with Crippen molar-refractivity contribution in [2.75, 3.05) is 33.2 Å². The quantitative estimate of drug-likeness (QED) is 0.237. The zero-order chi connectivity index (χ0) is 13.4. The van der Waals surface area contributed by atoms with Crippen LogP contribution in [-0.4, -0.2) is 60.1 Å².